The van der Waals surface area contributed by atoms with Crippen LogP contribution in [0.4, 0.5) is 0 Å². The van der Waals surface area contributed by atoms with Crippen molar-refractivity contribution in [2.75, 3.05) is 19.6 Å². The first-order chi connectivity index (χ1) is 14.2. The number of fused-ring (bicyclic) bond motifs is 2. The first-order valence-electron chi connectivity index (χ1n) is 10.6. The number of thiazole rings is 1. The second-order valence-corrected chi connectivity index (χ2v) is 10.6. The molecule has 152 valence electrons. The fourth-order valence-corrected chi connectivity index (χ4v) is 6.73. The second-order valence-electron chi connectivity index (χ2n) is 8.37. The van der Waals surface area contributed by atoms with Gasteiger partial charge in [-0.25, -0.2) is 4.98 Å². The van der Waals surface area contributed by atoms with E-state index in [1.54, 1.807) is 11.3 Å². The largest absolute Gasteiger partial charge is 0.339 e. The number of rotatable bonds is 4. The van der Waals surface area contributed by atoms with Gasteiger partial charge >= 0.3 is 0 Å². The fraction of sp³-hybridized carbons (Fsp3) is 0.478. The lowest BCUT2D eigenvalue weighted by atomic mass is 9.83. The van der Waals surface area contributed by atoms with Crippen molar-refractivity contribution in [1.82, 2.24) is 14.8 Å². The normalized spacial score (nSPS) is 22.7. The van der Waals surface area contributed by atoms with Crippen LogP contribution in [0.1, 0.15) is 34.8 Å². The maximum Gasteiger partial charge on any atom is 0.228 e. The van der Waals surface area contributed by atoms with Gasteiger partial charge in [0.1, 0.15) is 0 Å². The summed E-state index contributed by atoms with van der Waals surface area (Å²) in [5, 5.41) is 4.43. The number of piperidine rings is 2. The predicted octanol–water partition coefficient (Wildman–Crippen LogP) is 4.72. The van der Waals surface area contributed by atoms with Crippen molar-refractivity contribution in [2.45, 2.75) is 45.2 Å². The summed E-state index contributed by atoms with van der Waals surface area (Å²) >= 11 is 3.55. The SMILES string of the molecule is Cc1nc(CC(=O)N2CCC[C@@H]3CN(Cc4cc5ccccc5s4)CC[C@@H]32)cs1. The lowest BCUT2D eigenvalue weighted by Crippen LogP contribution is -2.55. The monoisotopic (exact) mass is 425 g/mol. The molecule has 0 aliphatic carbocycles. The van der Waals surface area contributed by atoms with Gasteiger partial charge in [0.2, 0.25) is 5.91 Å². The molecule has 0 N–H and O–H groups in total. The molecular formula is C23H27N3OS2. The molecular weight excluding hydrogens is 398 g/mol. The second kappa shape index (κ2) is 8.17. The van der Waals surface area contributed by atoms with Gasteiger partial charge in [-0.15, -0.1) is 22.7 Å². The van der Waals surface area contributed by atoms with Crippen molar-refractivity contribution in [3.63, 3.8) is 0 Å². The predicted molar refractivity (Wildman–Crippen MR) is 120 cm³/mol. The van der Waals surface area contributed by atoms with Crippen molar-refractivity contribution in [3.8, 4) is 0 Å². The molecule has 2 aromatic heterocycles. The molecule has 29 heavy (non-hydrogen) atoms. The van der Waals surface area contributed by atoms with Crippen LogP contribution in [0.25, 0.3) is 10.1 Å². The van der Waals surface area contributed by atoms with Crippen LogP contribution in [-0.4, -0.2) is 46.4 Å². The van der Waals surface area contributed by atoms with E-state index in [-0.39, 0.29) is 5.91 Å². The molecule has 1 aromatic carbocycles. The van der Waals surface area contributed by atoms with E-state index in [1.165, 1.54) is 21.4 Å². The van der Waals surface area contributed by atoms with E-state index in [9.17, 15) is 4.79 Å². The molecule has 2 aliphatic heterocycles. The van der Waals surface area contributed by atoms with Crippen molar-refractivity contribution >= 4 is 38.7 Å². The molecule has 2 fully saturated rings. The molecule has 0 bridgehead atoms. The third-order valence-corrected chi connectivity index (χ3v) is 8.25. The summed E-state index contributed by atoms with van der Waals surface area (Å²) in [5.74, 6) is 0.871. The third-order valence-electron chi connectivity index (χ3n) is 6.33. The molecule has 2 atom stereocenters. The Morgan fingerprint density at radius 3 is 2.97 bits per heavy atom. The van der Waals surface area contributed by atoms with Crippen LogP contribution in [0.3, 0.4) is 0 Å². The number of nitrogens with zero attached hydrogens (tertiary/aromatic N) is 3. The summed E-state index contributed by atoms with van der Waals surface area (Å²) in [4.78, 5) is 23.7. The lowest BCUT2D eigenvalue weighted by molar-refractivity contribution is -0.137. The highest BCUT2D eigenvalue weighted by Crippen LogP contribution is 2.33. The molecule has 6 heteroatoms. The molecule has 1 amide bonds. The van der Waals surface area contributed by atoms with Crippen LogP contribution < -0.4 is 0 Å². The molecule has 5 rings (SSSR count). The zero-order valence-corrected chi connectivity index (χ0v) is 18.5. The minimum Gasteiger partial charge on any atom is -0.339 e. The average Bonchev–Trinajstić information content (AvgIpc) is 3.32. The van der Waals surface area contributed by atoms with Gasteiger partial charge in [-0.2, -0.15) is 0 Å². The Bertz CT molecular complexity index is 977. The minimum atomic E-state index is 0.267. The van der Waals surface area contributed by atoms with Crippen LogP contribution in [0.15, 0.2) is 35.7 Å². The highest BCUT2D eigenvalue weighted by Gasteiger charge is 2.38. The van der Waals surface area contributed by atoms with Gasteiger partial charge in [0.25, 0.3) is 0 Å². The molecule has 4 nitrogen and oxygen atoms in total. The number of aromatic nitrogens is 1. The Labute approximate surface area is 180 Å². The number of hydrogen-bond donors (Lipinski definition) is 0. The van der Waals surface area contributed by atoms with E-state index in [0.29, 0.717) is 18.4 Å². The number of carbonyl (C=O) groups excluding carboxylic acids is 1. The zero-order chi connectivity index (χ0) is 19.8. The number of carbonyl (C=O) groups is 1. The van der Waals surface area contributed by atoms with Gasteiger partial charge < -0.3 is 4.90 Å². The number of amides is 1. The molecule has 0 spiro atoms. The maximum absolute atomic E-state index is 13.0. The summed E-state index contributed by atoms with van der Waals surface area (Å²) < 4.78 is 1.38. The molecule has 0 radical (unpaired) electrons. The molecule has 2 aliphatic rings. The van der Waals surface area contributed by atoms with Gasteiger partial charge in [-0.05, 0) is 49.6 Å². The number of aryl methyl sites for hydroxylation is 1. The van der Waals surface area contributed by atoms with Gasteiger partial charge in [-0.1, -0.05) is 18.2 Å². The van der Waals surface area contributed by atoms with Gasteiger partial charge in [0, 0.05) is 47.2 Å². The summed E-state index contributed by atoms with van der Waals surface area (Å²) in [7, 11) is 0. The summed E-state index contributed by atoms with van der Waals surface area (Å²) in [6.07, 6.45) is 3.92. The van der Waals surface area contributed by atoms with E-state index in [2.05, 4.69) is 45.1 Å². The zero-order valence-electron chi connectivity index (χ0n) is 16.8. The topological polar surface area (TPSA) is 36.4 Å². The Morgan fingerprint density at radius 2 is 2.14 bits per heavy atom. The van der Waals surface area contributed by atoms with Crippen molar-refractivity contribution in [2.24, 2.45) is 5.92 Å². The van der Waals surface area contributed by atoms with Gasteiger partial charge in [0.05, 0.1) is 17.1 Å². The maximum atomic E-state index is 13.0. The van der Waals surface area contributed by atoms with Crippen LogP contribution in [0.2, 0.25) is 0 Å². The highest BCUT2D eigenvalue weighted by atomic mass is 32.1. The fourth-order valence-electron chi connectivity index (χ4n) is 5.01. The quantitative estimate of drug-likeness (QED) is 0.607. The number of thiophene rings is 1. The molecule has 0 unspecified atom stereocenters. The van der Waals surface area contributed by atoms with Crippen LogP contribution in [-0.2, 0) is 17.8 Å². The molecule has 2 saturated heterocycles. The molecule has 3 aromatic rings. The Morgan fingerprint density at radius 1 is 1.24 bits per heavy atom. The average molecular weight is 426 g/mol. The standard InChI is InChI=1S/C23H27N3OS2/c1-16-24-19(15-28-16)12-23(27)26-9-4-6-18-13-25(10-8-21(18)26)14-20-11-17-5-2-3-7-22(17)29-20/h2-3,5,7,11,15,18,21H,4,6,8-10,12-14H2,1H3/t18-,21+/m1/s1. The molecule has 0 saturated carbocycles. The first kappa shape index (κ1) is 19.2. The van der Waals surface area contributed by atoms with Gasteiger partial charge in [0.15, 0.2) is 0 Å². The number of hydrogen-bond acceptors (Lipinski definition) is 5. The van der Waals surface area contributed by atoms with Crippen molar-refractivity contribution in [1.29, 1.82) is 0 Å². The van der Waals surface area contributed by atoms with E-state index in [4.69, 9.17) is 0 Å². The van der Waals surface area contributed by atoms with Crippen LogP contribution in [0.5, 0.6) is 0 Å². The van der Waals surface area contributed by atoms with Crippen molar-refractivity contribution in [3.05, 3.63) is 51.3 Å². The van der Waals surface area contributed by atoms with Crippen molar-refractivity contribution < 1.29 is 4.79 Å². The first-order valence-corrected chi connectivity index (χ1v) is 12.3. The van der Waals surface area contributed by atoms with E-state index in [0.717, 1.165) is 49.7 Å². The summed E-state index contributed by atoms with van der Waals surface area (Å²) in [6, 6.07) is 11.4. The van der Waals surface area contributed by atoms with E-state index >= 15 is 0 Å². The Kier molecular flexibility index (Phi) is 5.41. The Hall–Kier alpha value is -1.76. The smallest absolute Gasteiger partial charge is 0.228 e. The van der Waals surface area contributed by atoms with Crippen LogP contribution in [0, 0.1) is 12.8 Å². The lowest BCUT2D eigenvalue weighted by Gasteiger charge is -2.47. The van der Waals surface area contributed by atoms with E-state index in [1.807, 2.05) is 23.6 Å². The highest BCUT2D eigenvalue weighted by molar-refractivity contribution is 7.19. The minimum absolute atomic E-state index is 0.267. The number of likely N-dealkylation sites (tertiary alicyclic amines) is 2. The van der Waals surface area contributed by atoms with Crippen LogP contribution >= 0.6 is 22.7 Å². The van der Waals surface area contributed by atoms with Gasteiger partial charge in [-0.3, -0.25) is 9.69 Å². The summed E-state index contributed by atoms with van der Waals surface area (Å²) in [6.45, 7) is 6.14. The summed E-state index contributed by atoms with van der Waals surface area (Å²) in [5.41, 5.74) is 0.932. The van der Waals surface area contributed by atoms with E-state index < -0.39 is 0 Å². The number of benzene rings is 1. The molecule has 4 heterocycles. The third kappa shape index (κ3) is 4.11. The Balaban J connectivity index is 1.23.